The van der Waals surface area contributed by atoms with Gasteiger partial charge in [0, 0.05) is 11.8 Å². The minimum atomic E-state index is -4.50. The zero-order valence-electron chi connectivity index (χ0n) is 10.7. The molecule has 21 heavy (non-hydrogen) atoms. The van der Waals surface area contributed by atoms with E-state index in [2.05, 4.69) is 10.1 Å². The fourth-order valence-corrected chi connectivity index (χ4v) is 1.99. The van der Waals surface area contributed by atoms with Gasteiger partial charge in [0.1, 0.15) is 0 Å². The summed E-state index contributed by atoms with van der Waals surface area (Å²) in [6, 6.07) is 14.8. The predicted molar refractivity (Wildman–Crippen MR) is 71.8 cm³/mol. The Bertz CT molecular complexity index is 677. The van der Waals surface area contributed by atoms with Gasteiger partial charge in [-0.2, -0.15) is 18.3 Å². The van der Waals surface area contributed by atoms with Gasteiger partial charge in [-0.15, -0.1) is 0 Å². The highest BCUT2D eigenvalue weighted by molar-refractivity contribution is 5.62. The van der Waals surface area contributed by atoms with Crippen molar-refractivity contribution in [1.29, 1.82) is 0 Å². The molecule has 0 saturated carbocycles. The molecule has 0 radical (unpaired) electrons. The van der Waals surface area contributed by atoms with E-state index in [1.807, 2.05) is 0 Å². The SMILES string of the molecule is FC(F)(F)c1cc(-c2ccccc2)n(-c2ccccn2)n1. The molecule has 3 aromatic rings. The van der Waals surface area contributed by atoms with Crippen molar-refractivity contribution in [3.8, 4) is 17.1 Å². The number of rotatable bonds is 2. The van der Waals surface area contributed by atoms with Crippen molar-refractivity contribution in [2.24, 2.45) is 0 Å². The van der Waals surface area contributed by atoms with Crippen molar-refractivity contribution in [3.05, 3.63) is 66.5 Å². The number of aromatic nitrogens is 3. The number of hydrogen-bond donors (Lipinski definition) is 0. The molecule has 0 aliphatic carbocycles. The second-order valence-corrected chi connectivity index (χ2v) is 4.38. The zero-order valence-corrected chi connectivity index (χ0v) is 10.7. The van der Waals surface area contributed by atoms with Gasteiger partial charge in [0.25, 0.3) is 0 Å². The van der Waals surface area contributed by atoms with Crippen LogP contribution in [0, 0.1) is 0 Å². The molecular formula is C15H10F3N3. The Labute approximate surface area is 118 Å². The van der Waals surface area contributed by atoms with Gasteiger partial charge >= 0.3 is 6.18 Å². The van der Waals surface area contributed by atoms with Crippen LogP contribution in [0.4, 0.5) is 13.2 Å². The monoisotopic (exact) mass is 289 g/mol. The predicted octanol–water partition coefficient (Wildman–Crippen LogP) is 3.95. The lowest BCUT2D eigenvalue weighted by Crippen LogP contribution is -2.08. The van der Waals surface area contributed by atoms with E-state index in [-0.39, 0.29) is 0 Å². The molecule has 0 unspecified atom stereocenters. The molecule has 3 rings (SSSR count). The van der Waals surface area contributed by atoms with Gasteiger partial charge in [0.2, 0.25) is 0 Å². The first-order valence-corrected chi connectivity index (χ1v) is 6.20. The second kappa shape index (κ2) is 5.05. The van der Waals surface area contributed by atoms with E-state index in [4.69, 9.17) is 0 Å². The first kappa shape index (κ1) is 13.4. The third-order valence-corrected chi connectivity index (χ3v) is 2.94. The Morgan fingerprint density at radius 3 is 2.24 bits per heavy atom. The van der Waals surface area contributed by atoms with Gasteiger partial charge in [0.15, 0.2) is 11.5 Å². The summed E-state index contributed by atoms with van der Waals surface area (Å²) in [5.74, 6) is 0.340. The van der Waals surface area contributed by atoms with Crippen LogP contribution in [0.5, 0.6) is 0 Å². The molecule has 0 aliphatic heterocycles. The van der Waals surface area contributed by atoms with Crippen molar-refractivity contribution < 1.29 is 13.2 Å². The molecule has 1 aromatic carbocycles. The molecule has 0 atom stereocenters. The van der Waals surface area contributed by atoms with Crippen LogP contribution < -0.4 is 0 Å². The van der Waals surface area contributed by atoms with Gasteiger partial charge in [-0.3, -0.25) is 0 Å². The lowest BCUT2D eigenvalue weighted by Gasteiger charge is -2.06. The largest absolute Gasteiger partial charge is 0.435 e. The van der Waals surface area contributed by atoms with Crippen LogP contribution in [0.3, 0.4) is 0 Å². The van der Waals surface area contributed by atoms with E-state index >= 15 is 0 Å². The van der Waals surface area contributed by atoms with Crippen molar-refractivity contribution in [3.63, 3.8) is 0 Å². The Hall–Kier alpha value is -2.63. The van der Waals surface area contributed by atoms with Gasteiger partial charge in [-0.25, -0.2) is 9.67 Å². The van der Waals surface area contributed by atoms with Crippen LogP contribution in [-0.2, 0) is 6.18 Å². The van der Waals surface area contributed by atoms with E-state index in [9.17, 15) is 13.2 Å². The molecule has 0 saturated heterocycles. The summed E-state index contributed by atoms with van der Waals surface area (Å²) in [7, 11) is 0. The zero-order chi connectivity index (χ0) is 14.9. The summed E-state index contributed by atoms with van der Waals surface area (Å²) in [6.45, 7) is 0. The van der Waals surface area contributed by atoms with Crippen molar-refractivity contribution in [2.75, 3.05) is 0 Å². The summed E-state index contributed by atoms with van der Waals surface area (Å²) in [5.41, 5.74) is 0.0554. The maximum Gasteiger partial charge on any atom is 0.435 e. The number of nitrogens with zero attached hydrogens (tertiary/aromatic N) is 3. The Kier molecular flexibility index (Phi) is 3.21. The van der Waals surface area contributed by atoms with Crippen molar-refractivity contribution >= 4 is 0 Å². The Balaban J connectivity index is 2.20. The third kappa shape index (κ3) is 2.65. The normalized spacial score (nSPS) is 11.6. The first-order valence-electron chi connectivity index (χ1n) is 6.20. The average molecular weight is 289 g/mol. The van der Waals surface area contributed by atoms with Gasteiger partial charge in [-0.05, 0) is 18.2 Å². The smallest absolute Gasteiger partial charge is 0.237 e. The fourth-order valence-electron chi connectivity index (χ4n) is 1.99. The van der Waals surface area contributed by atoms with Crippen LogP contribution in [-0.4, -0.2) is 14.8 Å². The molecular weight excluding hydrogens is 279 g/mol. The summed E-state index contributed by atoms with van der Waals surface area (Å²) >= 11 is 0. The topological polar surface area (TPSA) is 30.7 Å². The maximum atomic E-state index is 12.9. The maximum absolute atomic E-state index is 12.9. The first-order chi connectivity index (χ1) is 10.1. The summed E-state index contributed by atoms with van der Waals surface area (Å²) in [5, 5.41) is 3.66. The molecule has 0 fully saturated rings. The quantitative estimate of drug-likeness (QED) is 0.715. The molecule has 2 heterocycles. The van der Waals surface area contributed by atoms with E-state index in [0.29, 0.717) is 17.1 Å². The van der Waals surface area contributed by atoms with Crippen LogP contribution in [0.25, 0.3) is 17.1 Å². The summed E-state index contributed by atoms with van der Waals surface area (Å²) < 4.78 is 40.0. The Morgan fingerprint density at radius 2 is 1.62 bits per heavy atom. The van der Waals surface area contributed by atoms with Gasteiger partial charge in [0.05, 0.1) is 5.69 Å². The van der Waals surface area contributed by atoms with Gasteiger partial charge < -0.3 is 0 Å². The number of benzene rings is 1. The van der Waals surface area contributed by atoms with Crippen LogP contribution in [0.1, 0.15) is 5.69 Å². The standard InChI is InChI=1S/C15H10F3N3/c16-15(17,18)13-10-12(11-6-2-1-3-7-11)21(20-13)14-8-4-5-9-19-14/h1-10H. The average Bonchev–Trinajstić information content (AvgIpc) is 2.94. The highest BCUT2D eigenvalue weighted by atomic mass is 19.4. The highest BCUT2D eigenvalue weighted by Crippen LogP contribution is 2.32. The van der Waals surface area contributed by atoms with E-state index < -0.39 is 11.9 Å². The molecule has 0 spiro atoms. The molecule has 6 heteroatoms. The minimum absolute atomic E-state index is 0.340. The molecule has 0 N–H and O–H groups in total. The summed E-state index contributed by atoms with van der Waals surface area (Å²) in [6.07, 6.45) is -2.98. The molecule has 2 aromatic heterocycles. The van der Waals surface area contributed by atoms with Crippen LogP contribution in [0.2, 0.25) is 0 Å². The van der Waals surface area contributed by atoms with Crippen LogP contribution in [0.15, 0.2) is 60.8 Å². The lowest BCUT2D eigenvalue weighted by molar-refractivity contribution is -0.141. The number of pyridine rings is 1. The lowest BCUT2D eigenvalue weighted by atomic mass is 10.1. The second-order valence-electron chi connectivity index (χ2n) is 4.38. The Morgan fingerprint density at radius 1 is 0.905 bits per heavy atom. The number of alkyl halides is 3. The highest BCUT2D eigenvalue weighted by Gasteiger charge is 2.35. The molecule has 106 valence electrons. The fraction of sp³-hybridized carbons (Fsp3) is 0.0667. The molecule has 0 amide bonds. The van der Waals surface area contributed by atoms with Crippen molar-refractivity contribution in [2.45, 2.75) is 6.18 Å². The molecule has 3 nitrogen and oxygen atoms in total. The van der Waals surface area contributed by atoms with Crippen LogP contribution >= 0.6 is 0 Å². The third-order valence-electron chi connectivity index (χ3n) is 2.94. The van der Waals surface area contributed by atoms with E-state index in [1.165, 1.54) is 10.9 Å². The van der Waals surface area contributed by atoms with Crippen molar-refractivity contribution in [1.82, 2.24) is 14.8 Å². The van der Waals surface area contributed by atoms with E-state index in [0.717, 1.165) is 6.07 Å². The van der Waals surface area contributed by atoms with E-state index in [1.54, 1.807) is 48.5 Å². The molecule has 0 aliphatic rings. The van der Waals surface area contributed by atoms with Gasteiger partial charge in [-0.1, -0.05) is 36.4 Å². The molecule has 0 bridgehead atoms. The number of hydrogen-bond acceptors (Lipinski definition) is 2. The minimum Gasteiger partial charge on any atom is -0.237 e. The summed E-state index contributed by atoms with van der Waals surface area (Å²) in [4.78, 5) is 4.06. The number of halogens is 3.